The third-order valence-corrected chi connectivity index (χ3v) is 18.2. The van der Waals surface area contributed by atoms with Gasteiger partial charge >= 0.3 is 0 Å². The normalized spacial score (nSPS) is 16.9. The summed E-state index contributed by atoms with van der Waals surface area (Å²) >= 11 is 0. The van der Waals surface area contributed by atoms with E-state index in [0.29, 0.717) is 18.3 Å². The molecule has 2 atom stereocenters. The largest absolute Gasteiger partial charge is 0.0949 e. The zero-order chi connectivity index (χ0) is 57.4. The lowest BCUT2D eigenvalue weighted by Gasteiger charge is -2.23. The molecule has 0 fully saturated rings. The van der Waals surface area contributed by atoms with Crippen molar-refractivity contribution in [2.75, 3.05) is 0 Å². The Bertz CT molecular complexity index is 4720. The topological polar surface area (TPSA) is 0 Å². The van der Waals surface area contributed by atoms with Gasteiger partial charge in [-0.05, 0) is 211 Å². The van der Waals surface area contributed by atoms with Crippen molar-refractivity contribution in [1.82, 2.24) is 0 Å². The lowest BCUT2D eigenvalue weighted by molar-refractivity contribution is 0.696. The molecule has 0 N–H and O–H groups in total. The van der Waals surface area contributed by atoms with E-state index in [1.807, 2.05) is 0 Å². The molecule has 0 amide bonds. The van der Waals surface area contributed by atoms with E-state index in [1.54, 1.807) is 0 Å². The fourth-order valence-corrected chi connectivity index (χ4v) is 13.7. The first kappa shape index (κ1) is 53.1. The van der Waals surface area contributed by atoms with E-state index in [9.17, 15) is 0 Å². The maximum Gasteiger partial charge on any atom is -0.00130 e. The van der Waals surface area contributed by atoms with Crippen molar-refractivity contribution >= 4 is 60.8 Å². The zero-order valence-corrected chi connectivity index (χ0v) is 48.8. The van der Waals surface area contributed by atoms with Gasteiger partial charge in [-0.15, -0.1) is 0 Å². The second-order valence-corrected chi connectivity index (χ2v) is 23.5. The smallest absolute Gasteiger partial charge is 0.00130 e. The predicted molar refractivity (Wildman–Crippen MR) is 369 cm³/mol. The zero-order valence-electron chi connectivity index (χ0n) is 48.8. The van der Waals surface area contributed by atoms with E-state index in [0.717, 1.165) is 19.3 Å². The fraction of sp³-hybridized carbons (Fsp3) is 0.106. The van der Waals surface area contributed by atoms with Crippen molar-refractivity contribution in [3.63, 3.8) is 0 Å². The van der Waals surface area contributed by atoms with Crippen LogP contribution in [0.15, 0.2) is 296 Å². The lowest BCUT2D eigenvalue weighted by Crippen LogP contribution is -2.05. The van der Waals surface area contributed by atoms with Crippen LogP contribution in [0.3, 0.4) is 0 Å². The summed E-state index contributed by atoms with van der Waals surface area (Å²) < 4.78 is 0. The van der Waals surface area contributed by atoms with Crippen molar-refractivity contribution in [3.8, 4) is 55.6 Å². The summed E-state index contributed by atoms with van der Waals surface area (Å²) in [5, 5.41) is 10.2. The second-order valence-electron chi connectivity index (χ2n) is 23.5. The molecule has 0 heterocycles. The lowest BCUT2D eigenvalue weighted by atomic mass is 9.81. The summed E-state index contributed by atoms with van der Waals surface area (Å²) in [5.41, 5.74) is 24.9. The summed E-state index contributed by atoms with van der Waals surface area (Å²) in [6.07, 6.45) is 32.7. The van der Waals surface area contributed by atoms with Crippen LogP contribution in [0.4, 0.5) is 0 Å². The van der Waals surface area contributed by atoms with Crippen molar-refractivity contribution in [2.45, 2.75) is 52.4 Å². The number of benzene rings is 11. The fourth-order valence-electron chi connectivity index (χ4n) is 13.7. The van der Waals surface area contributed by atoms with E-state index in [4.69, 9.17) is 0 Å². The van der Waals surface area contributed by atoms with Gasteiger partial charge in [0.2, 0.25) is 0 Å². The van der Waals surface area contributed by atoms with Gasteiger partial charge in [0.1, 0.15) is 0 Å². The Balaban J connectivity index is 0.951. The van der Waals surface area contributed by atoms with Crippen molar-refractivity contribution in [3.05, 3.63) is 330 Å². The van der Waals surface area contributed by atoms with E-state index in [-0.39, 0.29) is 0 Å². The van der Waals surface area contributed by atoms with Crippen molar-refractivity contribution < 1.29 is 0 Å². The summed E-state index contributed by atoms with van der Waals surface area (Å²) in [6.45, 7) is 11.4. The van der Waals surface area contributed by atoms with Gasteiger partial charge in [-0.2, -0.15) is 0 Å². The minimum absolute atomic E-state index is 0.386. The van der Waals surface area contributed by atoms with Crippen LogP contribution in [-0.2, 0) is 6.42 Å². The van der Waals surface area contributed by atoms with Crippen molar-refractivity contribution in [1.29, 1.82) is 0 Å². The molecule has 0 heteroatoms. The third kappa shape index (κ3) is 10.2. The molecule has 408 valence electrons. The first-order valence-electron chi connectivity index (χ1n) is 30.4. The van der Waals surface area contributed by atoms with Gasteiger partial charge in [-0.3, -0.25) is 0 Å². The van der Waals surface area contributed by atoms with Crippen LogP contribution in [-0.4, -0.2) is 0 Å². The SMILES string of the molecule is C=C1/C(=C(\C=C2\C=CC=CC2)c2ccc(-c3ccc(-c4cc5ccccc5c5ccccc45)cc3Cc3cc(-c4cc5c(c6ccccc46)C(C)CC=C5)ccc3-c3ccc(-c4ccc(/C=C\C=C/C)c5ccccc45)cc3)cc2)C=CCC1C. The Kier molecular flexibility index (Phi) is 14.4. The Hall–Kier alpha value is -9.88. The van der Waals surface area contributed by atoms with Gasteiger partial charge in [0.05, 0.1) is 0 Å². The molecule has 0 aliphatic heterocycles. The summed E-state index contributed by atoms with van der Waals surface area (Å²) in [4.78, 5) is 0. The first-order valence-corrected chi connectivity index (χ1v) is 30.4. The van der Waals surface area contributed by atoms with E-state index >= 15 is 0 Å². The van der Waals surface area contributed by atoms with Gasteiger partial charge in [0.25, 0.3) is 0 Å². The molecule has 0 aromatic heterocycles. The van der Waals surface area contributed by atoms with Crippen LogP contribution in [0.25, 0.3) is 116 Å². The van der Waals surface area contributed by atoms with Crippen LogP contribution in [0.5, 0.6) is 0 Å². The third-order valence-electron chi connectivity index (χ3n) is 18.2. The number of hydrogen-bond acceptors (Lipinski definition) is 0. The molecule has 3 aliphatic carbocycles. The molecule has 0 nitrogen and oxygen atoms in total. The molecule has 11 aromatic rings. The van der Waals surface area contributed by atoms with Crippen LogP contribution in [0.2, 0.25) is 0 Å². The highest BCUT2D eigenvalue weighted by Crippen LogP contribution is 2.45. The molecule has 85 heavy (non-hydrogen) atoms. The van der Waals surface area contributed by atoms with Crippen LogP contribution < -0.4 is 0 Å². The molecule has 0 saturated carbocycles. The molecule has 2 unspecified atom stereocenters. The van der Waals surface area contributed by atoms with E-state index < -0.39 is 0 Å². The second kappa shape index (κ2) is 23.0. The van der Waals surface area contributed by atoms with Crippen LogP contribution in [0.1, 0.15) is 79.3 Å². The Morgan fingerprint density at radius 3 is 1.69 bits per heavy atom. The minimum atomic E-state index is 0.386. The maximum absolute atomic E-state index is 4.66. The molecular formula is C85H68. The standard InChI is InChI=1S/C85H68/c1-5-6-8-25-60-44-49-76(77-30-14-13-28-74(60)77)63-40-36-61(37-41-63)72-48-46-67(84-55-68-27-19-22-57(3)85(68)81-34-18-17-33-80(81)84)52-70(72)53-69-51-66(83-54-65-26-11-12-29-75(65)78-31-15-16-32-79(78)83)45-47-73(69)62-38-42-64(43-39-62)82(50-59-23-9-7-10-24-59)71-35-20-21-56(2)58(71)4/h5-20,23,25-52,54-57H,4,21-22,24,53H2,1-3H3/b6-5-,25-8-,59-50-,82-71+. The van der Waals surface area contributed by atoms with Crippen LogP contribution >= 0.6 is 0 Å². The first-order chi connectivity index (χ1) is 41.8. The average molecular weight is 1090 g/mol. The molecule has 0 saturated heterocycles. The molecule has 14 rings (SSSR count). The molecule has 11 aromatic carbocycles. The Labute approximate surface area is 501 Å². The van der Waals surface area contributed by atoms with Gasteiger partial charge in [0.15, 0.2) is 0 Å². The minimum Gasteiger partial charge on any atom is -0.0949 e. The Morgan fingerprint density at radius 2 is 1.01 bits per heavy atom. The summed E-state index contributed by atoms with van der Waals surface area (Å²) in [5.74, 6) is 0.839. The highest BCUT2D eigenvalue weighted by atomic mass is 14.3. The van der Waals surface area contributed by atoms with Crippen molar-refractivity contribution in [2.24, 2.45) is 5.92 Å². The number of rotatable bonds is 11. The molecule has 3 aliphatic rings. The Morgan fingerprint density at radius 1 is 0.459 bits per heavy atom. The monoisotopic (exact) mass is 1090 g/mol. The highest BCUT2D eigenvalue weighted by molar-refractivity contribution is 6.14. The molecular weight excluding hydrogens is 1020 g/mol. The van der Waals surface area contributed by atoms with Gasteiger partial charge in [-0.1, -0.05) is 294 Å². The molecule has 0 spiro atoms. The van der Waals surface area contributed by atoms with Gasteiger partial charge in [0, 0.05) is 0 Å². The van der Waals surface area contributed by atoms with Gasteiger partial charge in [-0.25, -0.2) is 0 Å². The van der Waals surface area contributed by atoms with E-state index in [1.165, 1.54) is 154 Å². The average Bonchev–Trinajstić information content (AvgIpc) is 3.21. The molecule has 0 bridgehead atoms. The highest BCUT2D eigenvalue weighted by Gasteiger charge is 2.23. The molecule has 0 radical (unpaired) electrons. The predicted octanol–water partition coefficient (Wildman–Crippen LogP) is 23.7. The quantitative estimate of drug-likeness (QED) is 0.0894. The van der Waals surface area contributed by atoms with Crippen LogP contribution in [0, 0.1) is 5.92 Å². The maximum atomic E-state index is 4.66. The number of allylic oxidation sites excluding steroid dienone is 15. The van der Waals surface area contributed by atoms with E-state index in [2.05, 4.69) is 313 Å². The number of hydrogen-bond donors (Lipinski definition) is 0. The van der Waals surface area contributed by atoms with Gasteiger partial charge < -0.3 is 0 Å². The summed E-state index contributed by atoms with van der Waals surface area (Å²) in [7, 11) is 0. The summed E-state index contributed by atoms with van der Waals surface area (Å²) in [6, 6.07) is 78.3. The number of fused-ring (bicyclic) bond motifs is 7.